The summed E-state index contributed by atoms with van der Waals surface area (Å²) < 4.78 is 1.91. The predicted octanol–water partition coefficient (Wildman–Crippen LogP) is 4.71. The third-order valence-electron chi connectivity index (χ3n) is 3.87. The fourth-order valence-electron chi connectivity index (χ4n) is 2.50. The number of rotatable bonds is 6. The zero-order chi connectivity index (χ0) is 19.4. The van der Waals surface area contributed by atoms with Crippen molar-refractivity contribution in [2.45, 2.75) is 25.5 Å². The molecule has 0 unspecified atom stereocenters. The molecule has 0 aliphatic carbocycles. The smallest absolute Gasteiger partial charge is 0.234 e. The van der Waals surface area contributed by atoms with Crippen LogP contribution in [0, 0.1) is 6.92 Å². The number of carbonyl (C=O) groups is 1. The Morgan fingerprint density at radius 3 is 2.67 bits per heavy atom. The Kier molecular flexibility index (Phi) is 6.36. The average Bonchev–Trinajstić information content (AvgIpc) is 3.04. The van der Waals surface area contributed by atoms with Crippen molar-refractivity contribution < 1.29 is 4.79 Å². The van der Waals surface area contributed by atoms with E-state index in [2.05, 4.69) is 20.4 Å². The van der Waals surface area contributed by atoms with Gasteiger partial charge in [0.05, 0.1) is 33.4 Å². The van der Waals surface area contributed by atoms with Gasteiger partial charge in [-0.1, -0.05) is 41.0 Å². The molecule has 27 heavy (non-hydrogen) atoms. The second kappa shape index (κ2) is 8.73. The number of nitrogens with one attached hydrogen (secondary N) is 1. The number of hydrogen-bond donors (Lipinski definition) is 1. The molecule has 0 bridgehead atoms. The largest absolute Gasteiger partial charge is 0.323 e. The highest BCUT2D eigenvalue weighted by Crippen LogP contribution is 2.30. The second-order valence-corrected chi connectivity index (χ2v) is 7.37. The number of hydrogen-bond acceptors (Lipinski definition) is 5. The van der Waals surface area contributed by atoms with Crippen molar-refractivity contribution in [3.8, 4) is 11.3 Å². The maximum Gasteiger partial charge on any atom is 0.234 e. The summed E-state index contributed by atoms with van der Waals surface area (Å²) in [4.78, 5) is 21.0. The van der Waals surface area contributed by atoms with E-state index >= 15 is 0 Å². The lowest BCUT2D eigenvalue weighted by atomic mass is 10.2. The minimum Gasteiger partial charge on any atom is -0.323 e. The Balaban J connectivity index is 1.68. The minimum atomic E-state index is -0.237. The fraction of sp³-hybridized carbons (Fsp3) is 0.222. The second-order valence-electron chi connectivity index (χ2n) is 5.62. The lowest BCUT2D eigenvalue weighted by molar-refractivity contribution is -0.113. The zero-order valence-corrected chi connectivity index (χ0v) is 17.1. The highest BCUT2D eigenvalue weighted by atomic mass is 35.5. The van der Waals surface area contributed by atoms with Crippen LogP contribution < -0.4 is 5.32 Å². The molecule has 0 saturated heterocycles. The van der Waals surface area contributed by atoms with Crippen LogP contribution in [0.4, 0.5) is 5.69 Å². The van der Waals surface area contributed by atoms with Crippen molar-refractivity contribution in [2.75, 3.05) is 11.1 Å². The molecule has 9 heteroatoms. The Morgan fingerprint density at radius 2 is 2.00 bits per heavy atom. The van der Waals surface area contributed by atoms with E-state index in [1.165, 1.54) is 11.8 Å². The summed E-state index contributed by atoms with van der Waals surface area (Å²) >= 11 is 13.4. The molecule has 0 radical (unpaired) electrons. The van der Waals surface area contributed by atoms with Crippen LogP contribution in [-0.4, -0.2) is 31.4 Å². The molecule has 1 N–H and O–H groups in total. The number of benzene rings is 1. The van der Waals surface area contributed by atoms with Crippen molar-refractivity contribution in [3.05, 3.63) is 52.4 Å². The molecule has 6 nitrogen and oxygen atoms in total. The van der Waals surface area contributed by atoms with Gasteiger partial charge in [0, 0.05) is 24.0 Å². The lowest BCUT2D eigenvalue weighted by Crippen LogP contribution is -2.15. The Hall–Kier alpha value is -2.09. The molecule has 0 aliphatic heterocycles. The number of para-hydroxylation sites is 1. The standard InChI is InChI=1S/C18H17Cl2N5OS/c1-3-25-11(2)12(9-22-25)15-7-8-21-18(23-15)27-10-16(26)24-17-13(19)5-4-6-14(17)20/h4-9H,3,10H2,1-2H3,(H,24,26). The van der Waals surface area contributed by atoms with E-state index in [1.807, 2.05) is 24.6 Å². The van der Waals surface area contributed by atoms with Crippen LogP contribution in [0.3, 0.4) is 0 Å². The van der Waals surface area contributed by atoms with E-state index in [1.54, 1.807) is 30.6 Å². The summed E-state index contributed by atoms with van der Waals surface area (Å²) in [6.07, 6.45) is 3.47. The molecular formula is C18H17Cl2N5OS. The van der Waals surface area contributed by atoms with Gasteiger partial charge in [0.15, 0.2) is 5.16 Å². The molecule has 0 spiro atoms. The van der Waals surface area contributed by atoms with E-state index in [-0.39, 0.29) is 11.7 Å². The van der Waals surface area contributed by atoms with Crippen LogP contribution in [0.15, 0.2) is 41.8 Å². The number of aromatic nitrogens is 4. The molecule has 0 saturated carbocycles. The quantitative estimate of drug-likeness (QED) is 0.460. The van der Waals surface area contributed by atoms with Gasteiger partial charge in [-0.15, -0.1) is 0 Å². The molecular weight excluding hydrogens is 405 g/mol. The van der Waals surface area contributed by atoms with E-state index in [0.717, 1.165) is 23.5 Å². The predicted molar refractivity (Wildman–Crippen MR) is 109 cm³/mol. The first-order valence-electron chi connectivity index (χ1n) is 8.22. The summed E-state index contributed by atoms with van der Waals surface area (Å²) in [5, 5.41) is 8.35. The van der Waals surface area contributed by atoms with Gasteiger partial charge in [-0.05, 0) is 32.0 Å². The van der Waals surface area contributed by atoms with Gasteiger partial charge < -0.3 is 5.32 Å². The molecule has 140 valence electrons. The first-order chi connectivity index (χ1) is 13.0. The molecule has 2 aromatic heterocycles. The van der Waals surface area contributed by atoms with E-state index in [9.17, 15) is 4.79 Å². The van der Waals surface area contributed by atoms with Crippen LogP contribution in [0.2, 0.25) is 10.0 Å². The highest BCUT2D eigenvalue weighted by Gasteiger charge is 2.13. The Bertz CT molecular complexity index is 956. The zero-order valence-electron chi connectivity index (χ0n) is 14.7. The topological polar surface area (TPSA) is 72.7 Å². The number of anilines is 1. The number of carbonyl (C=O) groups excluding carboxylic acids is 1. The fourth-order valence-corrected chi connectivity index (χ4v) is 3.62. The third-order valence-corrected chi connectivity index (χ3v) is 5.36. The summed E-state index contributed by atoms with van der Waals surface area (Å²) in [6, 6.07) is 6.89. The van der Waals surface area contributed by atoms with Crippen LogP contribution in [0.25, 0.3) is 11.3 Å². The summed E-state index contributed by atoms with van der Waals surface area (Å²) in [6.45, 7) is 4.83. The van der Waals surface area contributed by atoms with Crippen molar-refractivity contribution in [1.29, 1.82) is 0 Å². The van der Waals surface area contributed by atoms with Gasteiger partial charge in [0.2, 0.25) is 5.91 Å². The first kappa shape index (κ1) is 19.7. The average molecular weight is 422 g/mol. The van der Waals surface area contributed by atoms with E-state index in [4.69, 9.17) is 23.2 Å². The summed E-state index contributed by atoms with van der Waals surface area (Å²) in [5.41, 5.74) is 3.18. The first-order valence-corrected chi connectivity index (χ1v) is 9.96. The van der Waals surface area contributed by atoms with E-state index < -0.39 is 0 Å². The van der Waals surface area contributed by atoms with Crippen LogP contribution in [0.5, 0.6) is 0 Å². The van der Waals surface area contributed by atoms with Gasteiger partial charge in [-0.3, -0.25) is 9.48 Å². The van der Waals surface area contributed by atoms with Crippen LogP contribution in [0.1, 0.15) is 12.6 Å². The van der Waals surface area contributed by atoms with E-state index in [0.29, 0.717) is 20.9 Å². The molecule has 0 fully saturated rings. The SMILES string of the molecule is CCn1ncc(-c2ccnc(SCC(=O)Nc3c(Cl)cccc3Cl)n2)c1C. The van der Waals surface area contributed by atoms with Crippen molar-refractivity contribution in [3.63, 3.8) is 0 Å². The molecule has 3 rings (SSSR count). The van der Waals surface area contributed by atoms with Gasteiger partial charge in [-0.2, -0.15) is 5.10 Å². The monoisotopic (exact) mass is 421 g/mol. The normalized spacial score (nSPS) is 10.8. The Morgan fingerprint density at radius 1 is 1.26 bits per heavy atom. The molecule has 1 aromatic carbocycles. The summed E-state index contributed by atoms with van der Waals surface area (Å²) in [5.74, 6) is -0.0999. The van der Waals surface area contributed by atoms with Crippen molar-refractivity contribution in [1.82, 2.24) is 19.7 Å². The molecule has 0 atom stereocenters. The molecule has 1 amide bonds. The number of nitrogens with zero attached hydrogens (tertiary/aromatic N) is 4. The van der Waals surface area contributed by atoms with Gasteiger partial charge >= 0.3 is 0 Å². The van der Waals surface area contributed by atoms with Gasteiger partial charge in [0.1, 0.15) is 0 Å². The lowest BCUT2D eigenvalue weighted by Gasteiger charge is -2.09. The van der Waals surface area contributed by atoms with Gasteiger partial charge in [-0.25, -0.2) is 9.97 Å². The summed E-state index contributed by atoms with van der Waals surface area (Å²) in [7, 11) is 0. The maximum atomic E-state index is 12.2. The third kappa shape index (κ3) is 4.61. The van der Waals surface area contributed by atoms with Crippen molar-refractivity contribution in [2.24, 2.45) is 0 Å². The molecule has 0 aliphatic rings. The van der Waals surface area contributed by atoms with Crippen LogP contribution >= 0.6 is 35.0 Å². The molecule has 2 heterocycles. The van der Waals surface area contributed by atoms with Gasteiger partial charge in [0.25, 0.3) is 0 Å². The number of amides is 1. The minimum absolute atomic E-state index is 0.137. The Labute approximate surface area is 171 Å². The number of halogens is 2. The molecule has 3 aromatic rings. The van der Waals surface area contributed by atoms with Crippen LogP contribution in [-0.2, 0) is 11.3 Å². The maximum absolute atomic E-state index is 12.2. The number of thioether (sulfide) groups is 1. The van der Waals surface area contributed by atoms with Crippen molar-refractivity contribution >= 4 is 46.6 Å². The number of aryl methyl sites for hydroxylation is 1. The highest BCUT2D eigenvalue weighted by molar-refractivity contribution is 7.99.